The topological polar surface area (TPSA) is 90.8 Å². The van der Waals surface area contributed by atoms with E-state index < -0.39 is 5.54 Å². The molecule has 2 aromatic carbocycles. The predicted molar refractivity (Wildman–Crippen MR) is 184 cm³/mol. The minimum absolute atomic E-state index is 0.0131. The van der Waals surface area contributed by atoms with Crippen LogP contribution in [0.5, 0.6) is 0 Å². The number of aromatic amines is 1. The highest BCUT2D eigenvalue weighted by Gasteiger charge is 2.60. The average Bonchev–Trinajstić information content (AvgIpc) is 3.43. The fourth-order valence-electron chi connectivity index (χ4n) is 7.89. The molecule has 2 amide bonds. The predicted octanol–water partition coefficient (Wildman–Crippen LogP) is 6.97. The molecule has 0 bridgehead atoms. The van der Waals surface area contributed by atoms with E-state index in [-0.39, 0.29) is 35.6 Å². The van der Waals surface area contributed by atoms with Crippen LogP contribution in [0.4, 0.5) is 11.4 Å². The van der Waals surface area contributed by atoms with Crippen LogP contribution in [0.2, 0.25) is 0 Å². The van der Waals surface area contributed by atoms with Crippen molar-refractivity contribution in [2.75, 3.05) is 48.0 Å². The van der Waals surface area contributed by atoms with Crippen LogP contribution in [0.1, 0.15) is 56.0 Å². The lowest BCUT2D eigenvalue weighted by atomic mass is 9.87. The number of hydrogen-bond acceptors (Lipinski definition) is 6. The van der Waals surface area contributed by atoms with Crippen LogP contribution in [-0.2, 0) is 20.9 Å². The molecule has 3 fully saturated rings. The summed E-state index contributed by atoms with van der Waals surface area (Å²) in [7, 11) is 0. The highest BCUT2D eigenvalue weighted by atomic mass is 32.2. The molecule has 3 aliphatic rings. The number of nitrogens with one attached hydrogen (secondary N) is 2. The molecule has 7 rings (SSSR count). The third-order valence-electron chi connectivity index (χ3n) is 10.7. The van der Waals surface area contributed by atoms with E-state index in [1.807, 2.05) is 40.9 Å². The van der Waals surface area contributed by atoms with Crippen molar-refractivity contribution in [1.82, 2.24) is 9.88 Å². The standard InChI is InChI=1S/C37H44N4O4S/c1-25-33(29-8-4-5-9-31(29)38-25)34-30(36(34,2)3)23-32(42)41(24-28-7-6-18-45-28)37(14-21-46-22-15-37)35(43)39-26-10-12-27(13-11-26)40-16-19-44-20-17-40/h4-13,18,30,34,38H,14-17,19-24H2,1-3H3,(H,39,43)/t30-,34-/m0/s1. The Balaban J connectivity index is 1.16. The summed E-state index contributed by atoms with van der Waals surface area (Å²) in [6.07, 6.45) is 3.22. The quantitative estimate of drug-likeness (QED) is 0.205. The van der Waals surface area contributed by atoms with Gasteiger partial charge in [0.15, 0.2) is 0 Å². The lowest BCUT2D eigenvalue weighted by molar-refractivity contribution is -0.148. The molecular formula is C37H44N4O4S. The molecule has 2 saturated heterocycles. The number of aromatic nitrogens is 1. The zero-order valence-electron chi connectivity index (χ0n) is 27.0. The number of anilines is 2. The number of carbonyl (C=O) groups excluding carboxylic acids is 2. The van der Waals surface area contributed by atoms with Crippen LogP contribution in [0, 0.1) is 18.3 Å². The van der Waals surface area contributed by atoms with E-state index in [4.69, 9.17) is 9.15 Å². The van der Waals surface area contributed by atoms with Crippen molar-refractivity contribution in [3.8, 4) is 0 Å². The second-order valence-corrected chi connectivity index (χ2v) is 14.8. The van der Waals surface area contributed by atoms with E-state index in [9.17, 15) is 9.59 Å². The second-order valence-electron chi connectivity index (χ2n) is 13.6. The summed E-state index contributed by atoms with van der Waals surface area (Å²) < 4.78 is 11.3. The number of thioether (sulfide) groups is 1. The maximum Gasteiger partial charge on any atom is 0.250 e. The van der Waals surface area contributed by atoms with E-state index in [2.05, 4.69) is 72.4 Å². The van der Waals surface area contributed by atoms with E-state index in [1.165, 1.54) is 16.6 Å². The van der Waals surface area contributed by atoms with Gasteiger partial charge in [-0.25, -0.2) is 0 Å². The first-order valence-corrected chi connectivity index (χ1v) is 17.7. The number of benzene rings is 2. The Morgan fingerprint density at radius 1 is 1.02 bits per heavy atom. The maximum atomic E-state index is 14.6. The van der Waals surface area contributed by atoms with Crippen LogP contribution in [-0.4, -0.2) is 65.0 Å². The van der Waals surface area contributed by atoms with E-state index in [1.54, 1.807) is 6.26 Å². The Labute approximate surface area is 275 Å². The third-order valence-corrected chi connectivity index (χ3v) is 11.6. The number of H-pyrrole nitrogens is 1. The van der Waals surface area contributed by atoms with Crippen LogP contribution >= 0.6 is 11.8 Å². The maximum absolute atomic E-state index is 14.6. The Morgan fingerprint density at radius 2 is 1.76 bits per heavy atom. The Kier molecular flexibility index (Phi) is 8.40. The number of morpholine rings is 1. The molecule has 1 saturated carbocycles. The molecule has 2 atom stereocenters. The molecule has 1 aliphatic carbocycles. The summed E-state index contributed by atoms with van der Waals surface area (Å²) in [5.74, 6) is 2.64. The summed E-state index contributed by atoms with van der Waals surface area (Å²) in [5.41, 5.74) is 4.47. The first kappa shape index (κ1) is 30.9. The number of carbonyl (C=O) groups is 2. The zero-order chi connectivity index (χ0) is 31.9. The molecule has 0 spiro atoms. The van der Waals surface area contributed by atoms with Crippen molar-refractivity contribution >= 4 is 45.9 Å². The Hall–Kier alpha value is -3.69. The van der Waals surface area contributed by atoms with E-state index in [0.717, 1.165) is 54.7 Å². The molecule has 0 radical (unpaired) electrons. The van der Waals surface area contributed by atoms with Gasteiger partial charge in [-0.05, 0) is 96.5 Å². The third kappa shape index (κ3) is 5.72. The average molecular weight is 641 g/mol. The number of furan rings is 1. The molecule has 2 aliphatic heterocycles. The Morgan fingerprint density at radius 3 is 2.48 bits per heavy atom. The van der Waals surface area contributed by atoms with E-state index >= 15 is 0 Å². The van der Waals surface area contributed by atoms with Gasteiger partial charge in [0.25, 0.3) is 0 Å². The number of nitrogens with zero attached hydrogens (tertiary/aromatic N) is 2. The fourth-order valence-corrected chi connectivity index (χ4v) is 9.05. The number of fused-ring (bicyclic) bond motifs is 1. The molecule has 242 valence electrons. The summed E-state index contributed by atoms with van der Waals surface area (Å²) in [6, 6.07) is 20.2. The van der Waals surface area contributed by atoms with Crippen molar-refractivity contribution in [3.63, 3.8) is 0 Å². The molecule has 4 heterocycles. The molecule has 2 N–H and O–H groups in total. The van der Waals surface area contributed by atoms with Crippen molar-refractivity contribution in [2.24, 2.45) is 11.3 Å². The molecule has 2 aromatic heterocycles. The fraction of sp³-hybridized carbons (Fsp3) is 0.459. The largest absolute Gasteiger partial charge is 0.467 e. The van der Waals surface area contributed by atoms with Crippen LogP contribution in [0.25, 0.3) is 10.9 Å². The SMILES string of the molecule is Cc1[nH]c2ccccc2c1[C@@H]1[C@H](CC(=O)N(Cc2ccco2)C2(C(=O)Nc3ccc(N4CCOCC4)cc3)CCSCC2)C1(C)C. The molecule has 8 nitrogen and oxygen atoms in total. The number of hydrogen-bond donors (Lipinski definition) is 2. The van der Waals surface area contributed by atoms with Crippen molar-refractivity contribution in [2.45, 2.75) is 58.0 Å². The summed E-state index contributed by atoms with van der Waals surface area (Å²) in [5, 5.41) is 4.46. The number of para-hydroxylation sites is 1. The van der Waals surface area contributed by atoms with Crippen molar-refractivity contribution in [1.29, 1.82) is 0 Å². The van der Waals surface area contributed by atoms with Crippen molar-refractivity contribution in [3.05, 3.63) is 83.9 Å². The highest BCUT2D eigenvalue weighted by molar-refractivity contribution is 7.99. The first-order valence-electron chi connectivity index (χ1n) is 16.5. The second kappa shape index (κ2) is 12.5. The minimum Gasteiger partial charge on any atom is -0.467 e. The lowest BCUT2D eigenvalue weighted by Gasteiger charge is -2.44. The lowest BCUT2D eigenvalue weighted by Crippen LogP contribution is -2.60. The summed E-state index contributed by atoms with van der Waals surface area (Å²) in [4.78, 5) is 36.8. The number of ether oxygens (including phenoxy) is 1. The van der Waals surface area contributed by atoms with Gasteiger partial charge in [0, 0.05) is 47.5 Å². The number of aryl methyl sites for hydroxylation is 1. The van der Waals surface area contributed by atoms with Crippen LogP contribution < -0.4 is 10.2 Å². The summed E-state index contributed by atoms with van der Waals surface area (Å²) >= 11 is 1.84. The van der Waals surface area contributed by atoms with Gasteiger partial charge in [-0.1, -0.05) is 32.0 Å². The number of rotatable bonds is 9. The van der Waals surface area contributed by atoms with Crippen LogP contribution in [0.15, 0.2) is 71.3 Å². The highest BCUT2D eigenvalue weighted by Crippen LogP contribution is 2.67. The van der Waals surface area contributed by atoms with Gasteiger partial charge in [-0.3, -0.25) is 9.59 Å². The van der Waals surface area contributed by atoms with Crippen LogP contribution in [0.3, 0.4) is 0 Å². The van der Waals surface area contributed by atoms with Gasteiger partial charge in [-0.2, -0.15) is 11.8 Å². The minimum atomic E-state index is -0.969. The Bertz CT molecular complexity index is 1680. The zero-order valence-corrected chi connectivity index (χ0v) is 27.8. The van der Waals surface area contributed by atoms with Gasteiger partial charge >= 0.3 is 0 Å². The van der Waals surface area contributed by atoms with Gasteiger partial charge in [0.2, 0.25) is 11.8 Å². The van der Waals surface area contributed by atoms with Gasteiger partial charge in [-0.15, -0.1) is 0 Å². The smallest absolute Gasteiger partial charge is 0.250 e. The molecule has 0 unspecified atom stereocenters. The van der Waals surface area contributed by atoms with Gasteiger partial charge in [0.05, 0.1) is 26.0 Å². The van der Waals surface area contributed by atoms with Gasteiger partial charge in [0.1, 0.15) is 11.3 Å². The first-order chi connectivity index (χ1) is 22.3. The molecule has 46 heavy (non-hydrogen) atoms. The van der Waals surface area contributed by atoms with Gasteiger partial charge < -0.3 is 29.3 Å². The molecule has 9 heteroatoms. The summed E-state index contributed by atoms with van der Waals surface area (Å²) in [6.45, 7) is 10.1. The monoisotopic (exact) mass is 640 g/mol. The number of amides is 2. The molecule has 4 aromatic rings. The normalized spacial score (nSPS) is 22.0. The van der Waals surface area contributed by atoms with E-state index in [0.29, 0.717) is 25.0 Å². The van der Waals surface area contributed by atoms with Crippen molar-refractivity contribution < 1.29 is 18.7 Å². The molecular weight excluding hydrogens is 596 g/mol.